The third-order valence-corrected chi connectivity index (χ3v) is 7.12. The van der Waals surface area contributed by atoms with Gasteiger partial charge in [0.15, 0.2) is 0 Å². The summed E-state index contributed by atoms with van der Waals surface area (Å²) in [6.45, 7) is 8.04. The number of nitrogens with two attached hydrogens (primary N) is 1. The van der Waals surface area contributed by atoms with Gasteiger partial charge in [0.25, 0.3) is 0 Å². The van der Waals surface area contributed by atoms with E-state index in [-0.39, 0.29) is 0 Å². The van der Waals surface area contributed by atoms with Gasteiger partial charge in [-0.25, -0.2) is 0 Å². The lowest BCUT2D eigenvalue weighted by Crippen LogP contribution is -2.46. The summed E-state index contributed by atoms with van der Waals surface area (Å²) in [7, 11) is -2.82. The molecule has 0 aromatic carbocycles. The van der Waals surface area contributed by atoms with E-state index >= 15 is 0 Å². The van der Waals surface area contributed by atoms with Gasteiger partial charge in [-0.3, -0.25) is 0 Å². The van der Waals surface area contributed by atoms with Crippen LogP contribution in [0.1, 0.15) is 20.3 Å². The predicted octanol–water partition coefficient (Wildman–Crippen LogP) is 0.496. The van der Waals surface area contributed by atoms with Crippen LogP contribution in [0.5, 0.6) is 0 Å². The Morgan fingerprint density at radius 2 is 1.79 bits per heavy atom. The van der Waals surface area contributed by atoms with E-state index in [9.17, 15) is 0 Å². The van der Waals surface area contributed by atoms with Gasteiger partial charge in [0.2, 0.25) is 0 Å². The highest BCUT2D eigenvalue weighted by atomic mass is 28.4. The monoisotopic (exact) mass is 237 g/mol. The van der Waals surface area contributed by atoms with Crippen molar-refractivity contribution in [3.8, 4) is 0 Å². The number of hydrogen-bond donors (Lipinski definition) is 1. The molecule has 0 saturated heterocycles. The van der Waals surface area contributed by atoms with Crippen LogP contribution in [0.25, 0.3) is 0 Å². The van der Waals surface area contributed by atoms with Crippen molar-refractivity contribution >= 4 is 18.6 Å². The van der Waals surface area contributed by atoms with E-state index in [1.165, 1.54) is 0 Å². The molecular formula is C8H23NO3Si2. The van der Waals surface area contributed by atoms with Crippen LogP contribution in [0.3, 0.4) is 0 Å². The predicted molar refractivity (Wildman–Crippen MR) is 63.0 cm³/mol. The van der Waals surface area contributed by atoms with Gasteiger partial charge in [-0.1, -0.05) is 6.55 Å². The minimum Gasteiger partial charge on any atom is -0.422 e. The number of rotatable bonds is 9. The summed E-state index contributed by atoms with van der Waals surface area (Å²) < 4.78 is 17.2. The topological polar surface area (TPSA) is 53.7 Å². The van der Waals surface area contributed by atoms with Gasteiger partial charge < -0.3 is 18.7 Å². The third-order valence-electron chi connectivity index (χ3n) is 1.78. The van der Waals surface area contributed by atoms with Crippen molar-refractivity contribution in [1.82, 2.24) is 0 Å². The first-order valence-corrected chi connectivity index (χ1v) is 9.28. The van der Waals surface area contributed by atoms with Crippen molar-refractivity contribution in [2.75, 3.05) is 19.8 Å². The molecule has 86 valence electrons. The van der Waals surface area contributed by atoms with Crippen molar-refractivity contribution in [3.63, 3.8) is 0 Å². The van der Waals surface area contributed by atoms with Gasteiger partial charge >= 0.3 is 8.80 Å². The average molecular weight is 237 g/mol. The normalized spacial score (nSPS) is 12.9. The molecule has 0 atom stereocenters. The fourth-order valence-corrected chi connectivity index (χ4v) is 6.21. The Hall–Kier alpha value is 0.274. The van der Waals surface area contributed by atoms with E-state index in [0.29, 0.717) is 19.8 Å². The summed E-state index contributed by atoms with van der Waals surface area (Å²) in [4.78, 5) is 0. The van der Waals surface area contributed by atoms with Crippen molar-refractivity contribution in [3.05, 3.63) is 0 Å². The van der Waals surface area contributed by atoms with E-state index in [0.717, 1.165) is 12.5 Å². The van der Waals surface area contributed by atoms with Crippen LogP contribution in [-0.2, 0) is 13.0 Å². The zero-order chi connectivity index (χ0) is 10.9. The second-order valence-corrected chi connectivity index (χ2v) is 7.05. The Morgan fingerprint density at radius 1 is 1.21 bits per heavy atom. The van der Waals surface area contributed by atoms with Crippen LogP contribution in [-0.4, -0.2) is 38.3 Å². The number of hydrogen-bond acceptors (Lipinski definition) is 4. The molecular weight excluding hydrogens is 214 g/mol. The Morgan fingerprint density at radius 3 is 2.14 bits per heavy atom. The quantitative estimate of drug-likeness (QED) is 0.593. The molecule has 0 aliphatic rings. The lowest BCUT2D eigenvalue weighted by Gasteiger charge is -2.28. The standard InChI is InChI=1S/C8H23NO3Si2/c1-4-10-14(11-5-2,12-13-3)8-6-7-9/h4-9,13H2,1-3H3. The molecule has 0 aliphatic carbocycles. The van der Waals surface area contributed by atoms with Crippen LogP contribution in [0, 0.1) is 0 Å². The lowest BCUT2D eigenvalue weighted by molar-refractivity contribution is 0.118. The molecule has 0 aromatic heterocycles. The van der Waals surface area contributed by atoms with Gasteiger partial charge in [0.1, 0.15) is 9.76 Å². The first kappa shape index (κ1) is 14.3. The minimum absolute atomic E-state index is 0.488. The molecule has 0 spiro atoms. The molecule has 0 unspecified atom stereocenters. The van der Waals surface area contributed by atoms with Crippen LogP contribution in [0.4, 0.5) is 0 Å². The first-order valence-electron chi connectivity index (χ1n) is 5.36. The Kier molecular flexibility index (Phi) is 8.74. The summed E-state index contributed by atoms with van der Waals surface area (Å²) in [5.74, 6) is 0. The third kappa shape index (κ3) is 5.23. The van der Waals surface area contributed by atoms with Gasteiger partial charge in [-0.15, -0.1) is 0 Å². The molecule has 0 heterocycles. The molecule has 0 amide bonds. The summed E-state index contributed by atoms with van der Waals surface area (Å²) in [5.41, 5.74) is 5.49. The van der Waals surface area contributed by atoms with E-state index in [4.69, 9.17) is 18.7 Å². The second kappa shape index (κ2) is 8.57. The Bertz CT molecular complexity index is 121. The maximum absolute atomic E-state index is 5.79. The van der Waals surface area contributed by atoms with Gasteiger partial charge in [0.05, 0.1) is 0 Å². The molecule has 2 N–H and O–H groups in total. The van der Waals surface area contributed by atoms with Crippen molar-refractivity contribution in [2.24, 2.45) is 5.73 Å². The first-order chi connectivity index (χ1) is 6.74. The van der Waals surface area contributed by atoms with Crippen molar-refractivity contribution in [1.29, 1.82) is 0 Å². The Labute approximate surface area is 90.4 Å². The molecule has 0 aliphatic heterocycles. The van der Waals surface area contributed by atoms with Crippen LogP contribution < -0.4 is 5.73 Å². The largest absolute Gasteiger partial charge is 0.490 e. The molecule has 0 radical (unpaired) electrons. The molecule has 6 heteroatoms. The van der Waals surface area contributed by atoms with Crippen LogP contribution in [0.15, 0.2) is 0 Å². The second-order valence-electron chi connectivity index (χ2n) is 2.87. The van der Waals surface area contributed by atoms with E-state index < -0.39 is 18.6 Å². The average Bonchev–Trinajstić information content (AvgIpc) is 2.16. The highest BCUT2D eigenvalue weighted by Gasteiger charge is 2.38. The van der Waals surface area contributed by atoms with E-state index in [2.05, 4.69) is 6.55 Å². The van der Waals surface area contributed by atoms with E-state index in [1.807, 2.05) is 13.8 Å². The molecule has 4 nitrogen and oxygen atoms in total. The highest BCUT2D eigenvalue weighted by Crippen LogP contribution is 2.16. The van der Waals surface area contributed by atoms with Gasteiger partial charge in [-0.05, 0) is 26.8 Å². The van der Waals surface area contributed by atoms with E-state index in [1.54, 1.807) is 0 Å². The molecule has 0 saturated carbocycles. The van der Waals surface area contributed by atoms with Crippen LogP contribution in [0.2, 0.25) is 12.6 Å². The lowest BCUT2D eigenvalue weighted by atomic mass is 10.5. The Balaban J connectivity index is 4.21. The summed E-state index contributed by atoms with van der Waals surface area (Å²) in [6.07, 6.45) is 0.917. The molecule has 0 aromatic rings. The minimum atomic E-state index is -2.33. The van der Waals surface area contributed by atoms with Gasteiger partial charge in [0, 0.05) is 19.3 Å². The highest BCUT2D eigenvalue weighted by molar-refractivity contribution is 6.65. The summed E-state index contributed by atoms with van der Waals surface area (Å²) in [5, 5.41) is 0. The summed E-state index contributed by atoms with van der Waals surface area (Å²) >= 11 is 0. The maximum atomic E-state index is 5.79. The molecule has 0 bridgehead atoms. The smallest absolute Gasteiger partial charge is 0.422 e. The van der Waals surface area contributed by atoms with Crippen LogP contribution >= 0.6 is 0 Å². The molecule has 0 fully saturated rings. The zero-order valence-electron chi connectivity index (χ0n) is 9.54. The van der Waals surface area contributed by atoms with Gasteiger partial charge in [-0.2, -0.15) is 0 Å². The fraction of sp³-hybridized carbons (Fsp3) is 1.00. The summed E-state index contributed by atoms with van der Waals surface area (Å²) in [6, 6.07) is 0.853. The van der Waals surface area contributed by atoms with Crippen molar-refractivity contribution < 1.29 is 13.0 Å². The SMILES string of the molecule is CCO[Si](CCCN)(OCC)O[SiH2]C. The molecule has 0 rings (SSSR count). The van der Waals surface area contributed by atoms with Crippen molar-refractivity contribution in [2.45, 2.75) is 32.9 Å². The maximum Gasteiger partial charge on any atom is 0.490 e. The fourth-order valence-electron chi connectivity index (χ4n) is 1.32. The molecule has 14 heavy (non-hydrogen) atoms. The zero-order valence-corrected chi connectivity index (χ0v) is 12.0.